The fourth-order valence-corrected chi connectivity index (χ4v) is 2.59. The number of pyridine rings is 1. The van der Waals surface area contributed by atoms with Gasteiger partial charge in [-0.2, -0.15) is 0 Å². The van der Waals surface area contributed by atoms with Crippen LogP contribution in [0.1, 0.15) is 36.3 Å². The Morgan fingerprint density at radius 3 is 2.46 bits per heavy atom. The summed E-state index contributed by atoms with van der Waals surface area (Å²) in [7, 11) is 0. The van der Waals surface area contributed by atoms with Crippen molar-refractivity contribution < 1.29 is 19.4 Å². The summed E-state index contributed by atoms with van der Waals surface area (Å²) in [5, 5.41) is 9.27. The highest BCUT2D eigenvalue weighted by Crippen LogP contribution is 2.29. The van der Waals surface area contributed by atoms with Gasteiger partial charge in [-0.25, -0.2) is 4.79 Å². The Hall–Kier alpha value is -3.02. The molecule has 1 fully saturated rings. The highest BCUT2D eigenvalue weighted by molar-refractivity contribution is 5.88. The normalized spacial score (nSPS) is 13.3. The highest BCUT2D eigenvalue weighted by Gasteiger charge is 2.17. The molecule has 1 N–H and O–H groups in total. The van der Waals surface area contributed by atoms with E-state index in [1.807, 2.05) is 19.9 Å². The third-order valence-corrected chi connectivity index (χ3v) is 4.00. The van der Waals surface area contributed by atoms with Crippen LogP contribution in [0.2, 0.25) is 0 Å². The van der Waals surface area contributed by atoms with Gasteiger partial charge in [-0.1, -0.05) is 6.58 Å². The number of carboxylic acids is 1. The number of benzene rings is 1. The Kier molecular flexibility index (Phi) is 5.11. The number of carbonyl (C=O) groups is 1. The molecular formula is C20H22N2O4. The first kappa shape index (κ1) is 17.8. The van der Waals surface area contributed by atoms with Gasteiger partial charge in [-0.15, -0.1) is 0 Å². The minimum atomic E-state index is -1.04. The molecule has 6 nitrogen and oxygen atoms in total. The summed E-state index contributed by atoms with van der Waals surface area (Å²) in [5.41, 5.74) is 1.82. The third kappa shape index (κ3) is 4.14. The first-order valence-corrected chi connectivity index (χ1v) is 8.55. The first-order chi connectivity index (χ1) is 12.4. The van der Waals surface area contributed by atoms with Gasteiger partial charge in [0, 0.05) is 19.2 Å². The molecule has 0 atom stereocenters. The lowest BCUT2D eigenvalue weighted by molar-refractivity contribution is 0.0695. The van der Waals surface area contributed by atoms with Crippen LogP contribution in [0.3, 0.4) is 0 Å². The molecule has 0 bridgehead atoms. The molecule has 1 saturated heterocycles. The number of aromatic carboxylic acids is 1. The second kappa shape index (κ2) is 7.47. The van der Waals surface area contributed by atoms with Gasteiger partial charge >= 0.3 is 5.97 Å². The monoisotopic (exact) mass is 354 g/mol. The molecule has 0 unspecified atom stereocenters. The van der Waals surface area contributed by atoms with E-state index in [9.17, 15) is 9.90 Å². The van der Waals surface area contributed by atoms with Gasteiger partial charge in [0.1, 0.15) is 17.2 Å². The quantitative estimate of drug-likeness (QED) is 0.809. The van der Waals surface area contributed by atoms with E-state index in [2.05, 4.69) is 16.5 Å². The van der Waals surface area contributed by atoms with Crippen LogP contribution in [-0.4, -0.2) is 40.2 Å². The zero-order valence-corrected chi connectivity index (χ0v) is 14.9. The Morgan fingerprint density at radius 2 is 1.92 bits per heavy atom. The molecule has 136 valence electrons. The molecule has 1 aromatic heterocycles. The van der Waals surface area contributed by atoms with Gasteiger partial charge in [0.05, 0.1) is 29.3 Å². The number of hydrogen-bond donors (Lipinski definition) is 1. The molecule has 0 saturated carbocycles. The lowest BCUT2D eigenvalue weighted by Crippen LogP contribution is -2.35. The van der Waals surface area contributed by atoms with Crippen LogP contribution in [0.15, 0.2) is 43.1 Å². The second-order valence-electron chi connectivity index (χ2n) is 6.43. The number of nitrogens with zero attached hydrogens (tertiary/aromatic N) is 2. The van der Waals surface area contributed by atoms with Crippen molar-refractivity contribution in [1.29, 1.82) is 0 Å². The third-order valence-electron chi connectivity index (χ3n) is 4.00. The molecule has 2 heterocycles. The summed E-state index contributed by atoms with van der Waals surface area (Å²) >= 11 is 0. The predicted molar refractivity (Wildman–Crippen MR) is 98.7 cm³/mol. The van der Waals surface area contributed by atoms with Crippen molar-refractivity contribution in [3.8, 4) is 17.2 Å². The van der Waals surface area contributed by atoms with E-state index in [1.165, 1.54) is 18.6 Å². The fraction of sp³-hybridized carbons (Fsp3) is 0.300. The van der Waals surface area contributed by atoms with Crippen molar-refractivity contribution in [1.82, 2.24) is 9.88 Å². The van der Waals surface area contributed by atoms with Crippen LogP contribution in [0, 0.1) is 0 Å². The van der Waals surface area contributed by atoms with Gasteiger partial charge in [-0.05, 0) is 44.5 Å². The standard InChI is InChI=1S/C20H22N2O4/c1-13(2)25-17-9-15(20(23)24)10-18(11-17)26-16-5-6-19(21-12-16)14(3)22-7-4-8-22/h5-6,9-13H,3-4,7-8H2,1-2H3,(H,23,24). The maximum atomic E-state index is 11.3. The average Bonchev–Trinajstić information content (AvgIpc) is 2.53. The fourth-order valence-electron chi connectivity index (χ4n) is 2.59. The maximum absolute atomic E-state index is 11.3. The molecule has 0 amide bonds. The number of likely N-dealkylation sites (tertiary alicyclic amines) is 1. The van der Waals surface area contributed by atoms with Crippen LogP contribution in [0.4, 0.5) is 0 Å². The average molecular weight is 354 g/mol. The van der Waals surface area contributed by atoms with Crippen LogP contribution in [0.25, 0.3) is 5.70 Å². The van der Waals surface area contributed by atoms with E-state index in [0.29, 0.717) is 17.2 Å². The Bertz CT molecular complexity index is 811. The molecule has 2 aromatic rings. The predicted octanol–water partition coefficient (Wildman–Crippen LogP) is 4.04. The molecular weight excluding hydrogens is 332 g/mol. The van der Waals surface area contributed by atoms with E-state index in [0.717, 1.165) is 24.5 Å². The molecule has 1 aliphatic heterocycles. The van der Waals surface area contributed by atoms with E-state index in [-0.39, 0.29) is 11.7 Å². The smallest absolute Gasteiger partial charge is 0.335 e. The SMILES string of the molecule is C=C(c1ccc(Oc2cc(OC(C)C)cc(C(=O)O)c2)cn1)N1CCC1. The van der Waals surface area contributed by atoms with Gasteiger partial charge in [0.15, 0.2) is 0 Å². The number of aromatic nitrogens is 1. The summed E-state index contributed by atoms with van der Waals surface area (Å²) in [6.07, 6.45) is 2.72. The van der Waals surface area contributed by atoms with E-state index >= 15 is 0 Å². The second-order valence-corrected chi connectivity index (χ2v) is 6.43. The van der Waals surface area contributed by atoms with Crippen LogP contribution in [-0.2, 0) is 0 Å². The number of rotatable bonds is 7. The van der Waals surface area contributed by atoms with Gasteiger partial charge in [0.2, 0.25) is 0 Å². The summed E-state index contributed by atoms with van der Waals surface area (Å²) < 4.78 is 11.4. The van der Waals surface area contributed by atoms with E-state index < -0.39 is 5.97 Å². The van der Waals surface area contributed by atoms with Crippen molar-refractivity contribution in [2.45, 2.75) is 26.4 Å². The lowest BCUT2D eigenvalue weighted by atomic mass is 10.1. The summed E-state index contributed by atoms with van der Waals surface area (Å²) in [4.78, 5) is 17.9. The van der Waals surface area contributed by atoms with Crippen molar-refractivity contribution in [3.05, 3.63) is 54.4 Å². The molecule has 6 heteroatoms. The zero-order chi connectivity index (χ0) is 18.7. The van der Waals surface area contributed by atoms with Crippen molar-refractivity contribution in [2.75, 3.05) is 13.1 Å². The maximum Gasteiger partial charge on any atom is 0.335 e. The zero-order valence-electron chi connectivity index (χ0n) is 14.9. The summed E-state index contributed by atoms with van der Waals surface area (Å²) in [6.45, 7) is 9.85. The first-order valence-electron chi connectivity index (χ1n) is 8.55. The summed E-state index contributed by atoms with van der Waals surface area (Å²) in [6, 6.07) is 8.25. The van der Waals surface area contributed by atoms with Gasteiger partial charge in [0.25, 0.3) is 0 Å². The van der Waals surface area contributed by atoms with Crippen LogP contribution < -0.4 is 9.47 Å². The van der Waals surface area contributed by atoms with Crippen molar-refractivity contribution in [3.63, 3.8) is 0 Å². The largest absolute Gasteiger partial charge is 0.491 e. The van der Waals surface area contributed by atoms with Crippen molar-refractivity contribution in [2.24, 2.45) is 0 Å². The Balaban J connectivity index is 1.77. The minimum Gasteiger partial charge on any atom is -0.491 e. The molecule has 26 heavy (non-hydrogen) atoms. The molecule has 0 aliphatic carbocycles. The Morgan fingerprint density at radius 1 is 1.19 bits per heavy atom. The van der Waals surface area contributed by atoms with E-state index in [1.54, 1.807) is 18.3 Å². The topological polar surface area (TPSA) is 71.9 Å². The van der Waals surface area contributed by atoms with Crippen LogP contribution in [0.5, 0.6) is 17.2 Å². The number of hydrogen-bond acceptors (Lipinski definition) is 5. The minimum absolute atomic E-state index is 0.0691. The molecule has 0 spiro atoms. The molecule has 1 aliphatic rings. The lowest BCUT2D eigenvalue weighted by Gasteiger charge is -2.34. The number of ether oxygens (including phenoxy) is 2. The van der Waals surface area contributed by atoms with Crippen molar-refractivity contribution >= 4 is 11.7 Å². The van der Waals surface area contributed by atoms with Gasteiger partial charge < -0.3 is 19.5 Å². The van der Waals surface area contributed by atoms with E-state index in [4.69, 9.17) is 9.47 Å². The number of carboxylic acid groups (broad SMARTS) is 1. The molecule has 3 rings (SSSR count). The summed E-state index contributed by atoms with van der Waals surface area (Å²) in [5.74, 6) is 0.314. The van der Waals surface area contributed by atoms with Crippen LogP contribution >= 0.6 is 0 Å². The molecule has 1 aromatic carbocycles. The Labute approximate surface area is 152 Å². The highest BCUT2D eigenvalue weighted by atomic mass is 16.5. The van der Waals surface area contributed by atoms with Gasteiger partial charge in [-0.3, -0.25) is 4.98 Å². The molecule has 0 radical (unpaired) electrons.